The summed E-state index contributed by atoms with van der Waals surface area (Å²) in [4.78, 5) is 15.2. The zero-order valence-corrected chi connectivity index (χ0v) is 13.6. The molecule has 0 spiro atoms. The number of benzene rings is 1. The third kappa shape index (κ3) is 2.57. The minimum absolute atomic E-state index is 0.101. The quantitative estimate of drug-likeness (QED) is 0.752. The van der Waals surface area contributed by atoms with E-state index in [-0.39, 0.29) is 23.3 Å². The standard InChI is InChI=1S/C17H11F2N3O2S/c18-17(19)2-1-12-5-9-3-10(15-21-7-13(25-15)16(23)24)4-11(6-20)14(9)22(12)8-17/h3-5,7H,1-2,8H2,(H,23,24). The molecular formula is C17H11F2N3O2S. The molecule has 0 aliphatic carbocycles. The van der Waals surface area contributed by atoms with E-state index in [0.29, 0.717) is 21.5 Å². The average Bonchev–Trinajstić information content (AvgIpc) is 3.17. The van der Waals surface area contributed by atoms with Crippen LogP contribution in [0, 0.1) is 11.3 Å². The Hall–Kier alpha value is -2.79. The average molecular weight is 359 g/mol. The first-order valence-electron chi connectivity index (χ1n) is 7.51. The van der Waals surface area contributed by atoms with Crippen LogP contribution in [0.5, 0.6) is 0 Å². The topological polar surface area (TPSA) is 78.9 Å². The first kappa shape index (κ1) is 15.7. The Bertz CT molecular complexity index is 1060. The number of aromatic nitrogens is 2. The molecule has 4 rings (SSSR count). The maximum Gasteiger partial charge on any atom is 0.347 e. The summed E-state index contributed by atoms with van der Waals surface area (Å²) in [5, 5.41) is 19.7. The lowest BCUT2D eigenvalue weighted by Gasteiger charge is -2.25. The van der Waals surface area contributed by atoms with Crippen molar-refractivity contribution in [3.8, 4) is 16.6 Å². The van der Waals surface area contributed by atoms with E-state index >= 15 is 0 Å². The van der Waals surface area contributed by atoms with Gasteiger partial charge in [0.2, 0.25) is 0 Å². The number of carboxylic acids is 1. The van der Waals surface area contributed by atoms with Crippen molar-refractivity contribution in [3.05, 3.63) is 40.5 Å². The predicted molar refractivity (Wildman–Crippen MR) is 88.0 cm³/mol. The Morgan fingerprint density at radius 2 is 2.20 bits per heavy atom. The van der Waals surface area contributed by atoms with Crippen molar-refractivity contribution in [2.45, 2.75) is 25.3 Å². The van der Waals surface area contributed by atoms with Crippen LogP contribution in [0.15, 0.2) is 24.4 Å². The van der Waals surface area contributed by atoms with Crippen LogP contribution in [0.25, 0.3) is 21.5 Å². The van der Waals surface area contributed by atoms with Crippen LogP contribution in [0.1, 0.15) is 27.3 Å². The van der Waals surface area contributed by atoms with Gasteiger partial charge >= 0.3 is 5.97 Å². The van der Waals surface area contributed by atoms with Gasteiger partial charge in [0.1, 0.15) is 16.0 Å². The van der Waals surface area contributed by atoms with Gasteiger partial charge in [0.05, 0.1) is 23.8 Å². The lowest BCUT2D eigenvalue weighted by atomic mass is 10.1. The molecule has 3 heterocycles. The second-order valence-electron chi connectivity index (χ2n) is 5.99. The van der Waals surface area contributed by atoms with Crippen LogP contribution in [-0.4, -0.2) is 26.5 Å². The number of fused-ring (bicyclic) bond motifs is 3. The van der Waals surface area contributed by atoms with Gasteiger partial charge in [-0.05, 0) is 24.6 Å². The number of aryl methyl sites for hydroxylation is 1. The highest BCUT2D eigenvalue weighted by Gasteiger charge is 2.35. The number of thiazole rings is 1. The Morgan fingerprint density at radius 1 is 1.40 bits per heavy atom. The molecular weight excluding hydrogens is 348 g/mol. The molecule has 1 N–H and O–H groups in total. The molecule has 0 unspecified atom stereocenters. The number of carboxylic acid groups (broad SMARTS) is 1. The Labute approximate surface area is 144 Å². The monoisotopic (exact) mass is 359 g/mol. The summed E-state index contributed by atoms with van der Waals surface area (Å²) >= 11 is 1.01. The highest BCUT2D eigenvalue weighted by molar-refractivity contribution is 7.16. The lowest BCUT2D eigenvalue weighted by molar-refractivity contribution is -0.0329. The smallest absolute Gasteiger partial charge is 0.347 e. The van der Waals surface area contributed by atoms with Crippen LogP contribution in [-0.2, 0) is 13.0 Å². The van der Waals surface area contributed by atoms with E-state index in [4.69, 9.17) is 5.11 Å². The molecule has 1 aliphatic heterocycles. The first-order valence-corrected chi connectivity index (χ1v) is 8.33. The summed E-state index contributed by atoms with van der Waals surface area (Å²) in [6.45, 7) is -0.430. The van der Waals surface area contributed by atoms with Gasteiger partial charge in [-0.15, -0.1) is 11.3 Å². The zero-order chi connectivity index (χ0) is 17.8. The Balaban J connectivity index is 1.90. The molecule has 0 saturated heterocycles. The third-order valence-corrected chi connectivity index (χ3v) is 5.33. The molecule has 0 bridgehead atoms. The van der Waals surface area contributed by atoms with Gasteiger partial charge in [-0.25, -0.2) is 18.6 Å². The van der Waals surface area contributed by atoms with Crippen molar-refractivity contribution in [1.29, 1.82) is 5.26 Å². The van der Waals surface area contributed by atoms with Gasteiger partial charge in [0.15, 0.2) is 0 Å². The minimum Gasteiger partial charge on any atom is -0.477 e. The summed E-state index contributed by atoms with van der Waals surface area (Å²) in [6.07, 6.45) is 1.32. The first-order chi connectivity index (χ1) is 11.9. The number of hydrogen-bond acceptors (Lipinski definition) is 4. The number of alkyl halides is 2. The van der Waals surface area contributed by atoms with E-state index < -0.39 is 18.4 Å². The van der Waals surface area contributed by atoms with Crippen molar-refractivity contribution < 1.29 is 18.7 Å². The maximum atomic E-state index is 13.8. The number of halogens is 2. The van der Waals surface area contributed by atoms with Crippen molar-refractivity contribution in [1.82, 2.24) is 9.55 Å². The predicted octanol–water partition coefficient (Wildman–Crippen LogP) is 3.92. The molecule has 1 aromatic carbocycles. The van der Waals surface area contributed by atoms with Crippen molar-refractivity contribution >= 4 is 28.2 Å². The summed E-state index contributed by atoms with van der Waals surface area (Å²) < 4.78 is 29.1. The molecule has 3 aromatic rings. The SMILES string of the molecule is N#Cc1cc(-c2ncc(C(=O)O)s2)cc2cc3n(c12)CC(F)(F)CC3. The van der Waals surface area contributed by atoms with Gasteiger partial charge in [-0.1, -0.05) is 0 Å². The fraction of sp³-hybridized carbons (Fsp3) is 0.235. The van der Waals surface area contributed by atoms with Crippen LogP contribution >= 0.6 is 11.3 Å². The molecule has 0 radical (unpaired) electrons. The zero-order valence-electron chi connectivity index (χ0n) is 12.8. The van der Waals surface area contributed by atoms with E-state index in [1.807, 2.05) is 6.07 Å². The number of aromatic carboxylic acids is 1. The molecule has 25 heavy (non-hydrogen) atoms. The van der Waals surface area contributed by atoms with Crippen LogP contribution in [0.3, 0.4) is 0 Å². The van der Waals surface area contributed by atoms with Gasteiger partial charge in [0.25, 0.3) is 5.92 Å². The van der Waals surface area contributed by atoms with Crippen molar-refractivity contribution in [2.24, 2.45) is 0 Å². The molecule has 0 amide bonds. The van der Waals surface area contributed by atoms with E-state index in [1.165, 1.54) is 10.8 Å². The minimum atomic E-state index is -2.78. The maximum absolute atomic E-state index is 13.8. The van der Waals surface area contributed by atoms with E-state index in [2.05, 4.69) is 11.1 Å². The Kier molecular flexibility index (Phi) is 3.37. The molecule has 8 heteroatoms. The molecule has 0 fully saturated rings. The Morgan fingerprint density at radius 3 is 2.88 bits per heavy atom. The molecule has 2 aromatic heterocycles. The molecule has 126 valence electrons. The number of carbonyl (C=O) groups is 1. The second kappa shape index (κ2) is 5.36. The molecule has 0 saturated carbocycles. The van der Waals surface area contributed by atoms with Crippen LogP contribution in [0.2, 0.25) is 0 Å². The highest BCUT2D eigenvalue weighted by Crippen LogP contribution is 2.37. The van der Waals surface area contributed by atoms with E-state index in [9.17, 15) is 18.8 Å². The number of nitriles is 1. The summed E-state index contributed by atoms with van der Waals surface area (Å²) in [5.41, 5.74) is 2.16. The summed E-state index contributed by atoms with van der Waals surface area (Å²) in [6, 6.07) is 7.23. The van der Waals surface area contributed by atoms with Crippen LogP contribution in [0.4, 0.5) is 8.78 Å². The van der Waals surface area contributed by atoms with Crippen LogP contribution < -0.4 is 0 Å². The lowest BCUT2D eigenvalue weighted by Crippen LogP contribution is -2.30. The highest BCUT2D eigenvalue weighted by atomic mass is 32.1. The van der Waals surface area contributed by atoms with Gasteiger partial charge in [-0.3, -0.25) is 0 Å². The number of rotatable bonds is 2. The third-order valence-electron chi connectivity index (χ3n) is 4.30. The van der Waals surface area contributed by atoms with Crippen molar-refractivity contribution in [3.63, 3.8) is 0 Å². The number of nitrogens with zero attached hydrogens (tertiary/aromatic N) is 3. The number of hydrogen-bond donors (Lipinski definition) is 1. The largest absolute Gasteiger partial charge is 0.477 e. The van der Waals surface area contributed by atoms with E-state index in [0.717, 1.165) is 17.0 Å². The second-order valence-corrected chi connectivity index (χ2v) is 7.02. The molecule has 1 aliphatic rings. The molecule has 5 nitrogen and oxygen atoms in total. The normalized spacial score (nSPS) is 15.7. The fourth-order valence-corrected chi connectivity index (χ4v) is 3.94. The fourth-order valence-electron chi connectivity index (χ4n) is 3.19. The van der Waals surface area contributed by atoms with Gasteiger partial charge in [-0.2, -0.15) is 5.26 Å². The van der Waals surface area contributed by atoms with Gasteiger partial charge in [0, 0.05) is 23.1 Å². The molecule has 0 atom stereocenters. The van der Waals surface area contributed by atoms with Crippen molar-refractivity contribution in [2.75, 3.05) is 0 Å². The summed E-state index contributed by atoms with van der Waals surface area (Å²) in [5.74, 6) is -3.84. The van der Waals surface area contributed by atoms with E-state index in [1.54, 1.807) is 12.1 Å². The summed E-state index contributed by atoms with van der Waals surface area (Å²) in [7, 11) is 0. The van der Waals surface area contributed by atoms with Gasteiger partial charge < -0.3 is 9.67 Å².